The second kappa shape index (κ2) is 5.41. The molecule has 0 amide bonds. The third-order valence-electron chi connectivity index (χ3n) is 4.99. The van der Waals surface area contributed by atoms with Crippen LogP contribution in [0.3, 0.4) is 0 Å². The lowest BCUT2D eigenvalue weighted by molar-refractivity contribution is -0.145. The third-order valence-corrected chi connectivity index (χ3v) is 4.99. The van der Waals surface area contributed by atoms with Crippen LogP contribution in [0.1, 0.15) is 52.4 Å². The number of carboxylic acid groups (broad SMARTS) is 1. The molecule has 0 bridgehead atoms. The lowest BCUT2D eigenvalue weighted by Crippen LogP contribution is -2.49. The SMILES string of the molecule is CC1(C)CCN(CC2(O)CCC(C(=O)O)CC2)CC1. The fraction of sp³-hybridized carbons (Fsp3) is 0.933. The van der Waals surface area contributed by atoms with E-state index in [0.717, 1.165) is 19.6 Å². The van der Waals surface area contributed by atoms with Crippen LogP contribution in [-0.2, 0) is 4.79 Å². The summed E-state index contributed by atoms with van der Waals surface area (Å²) in [4.78, 5) is 13.3. The maximum absolute atomic E-state index is 10.9. The van der Waals surface area contributed by atoms with Gasteiger partial charge in [0.1, 0.15) is 0 Å². The van der Waals surface area contributed by atoms with Crippen molar-refractivity contribution in [2.45, 2.75) is 58.0 Å². The summed E-state index contributed by atoms with van der Waals surface area (Å²) in [5, 5.41) is 19.6. The van der Waals surface area contributed by atoms with Crippen LogP contribution in [0.15, 0.2) is 0 Å². The minimum atomic E-state index is -0.707. The normalized spacial score (nSPS) is 36.1. The zero-order chi connectivity index (χ0) is 14.1. The number of likely N-dealkylation sites (tertiary alicyclic amines) is 1. The van der Waals surface area contributed by atoms with Gasteiger partial charge in [-0.05, 0) is 57.0 Å². The lowest BCUT2D eigenvalue weighted by atomic mass is 9.77. The molecule has 0 aromatic heterocycles. The number of nitrogens with zero attached hydrogens (tertiary/aromatic N) is 1. The smallest absolute Gasteiger partial charge is 0.306 e. The van der Waals surface area contributed by atoms with Crippen molar-refractivity contribution >= 4 is 5.97 Å². The summed E-state index contributed by atoms with van der Waals surface area (Å²) in [5.74, 6) is -0.956. The summed E-state index contributed by atoms with van der Waals surface area (Å²) in [6, 6.07) is 0. The van der Waals surface area contributed by atoms with E-state index >= 15 is 0 Å². The molecule has 110 valence electrons. The van der Waals surface area contributed by atoms with E-state index in [4.69, 9.17) is 5.11 Å². The summed E-state index contributed by atoms with van der Waals surface area (Å²) in [6.45, 7) is 7.43. The van der Waals surface area contributed by atoms with Gasteiger partial charge in [0.05, 0.1) is 11.5 Å². The Morgan fingerprint density at radius 1 is 1.16 bits per heavy atom. The molecule has 0 radical (unpaired) electrons. The molecule has 19 heavy (non-hydrogen) atoms. The molecule has 1 heterocycles. The average molecular weight is 269 g/mol. The molecule has 0 aromatic carbocycles. The Kier molecular flexibility index (Phi) is 4.21. The Hall–Kier alpha value is -0.610. The molecule has 4 heteroatoms. The van der Waals surface area contributed by atoms with Crippen molar-refractivity contribution in [2.75, 3.05) is 19.6 Å². The van der Waals surface area contributed by atoms with Gasteiger partial charge in [0.25, 0.3) is 0 Å². The van der Waals surface area contributed by atoms with Gasteiger partial charge in [0, 0.05) is 6.54 Å². The molecular formula is C15H27NO3. The van der Waals surface area contributed by atoms with Crippen LogP contribution < -0.4 is 0 Å². The standard InChI is InChI=1S/C15H27NO3/c1-14(2)7-9-16(10-8-14)11-15(19)5-3-12(4-6-15)13(17)18/h12,19H,3-11H2,1-2H3,(H,17,18). The van der Waals surface area contributed by atoms with E-state index in [2.05, 4.69) is 18.7 Å². The van der Waals surface area contributed by atoms with E-state index in [-0.39, 0.29) is 5.92 Å². The summed E-state index contributed by atoms with van der Waals surface area (Å²) in [7, 11) is 0. The second-order valence-corrected chi connectivity index (χ2v) is 7.28. The van der Waals surface area contributed by atoms with Crippen LogP contribution in [0.4, 0.5) is 0 Å². The van der Waals surface area contributed by atoms with Gasteiger partial charge in [0.2, 0.25) is 0 Å². The van der Waals surface area contributed by atoms with Crippen LogP contribution in [-0.4, -0.2) is 46.3 Å². The number of piperidine rings is 1. The first-order valence-corrected chi connectivity index (χ1v) is 7.47. The second-order valence-electron chi connectivity index (χ2n) is 7.28. The molecule has 1 saturated carbocycles. The van der Waals surface area contributed by atoms with Crippen molar-refractivity contribution in [1.29, 1.82) is 0 Å². The van der Waals surface area contributed by atoms with Gasteiger partial charge in [-0.3, -0.25) is 4.79 Å². The molecule has 1 aliphatic carbocycles. The molecule has 2 aliphatic rings. The molecule has 1 aliphatic heterocycles. The number of hydrogen-bond acceptors (Lipinski definition) is 3. The molecule has 2 fully saturated rings. The Bertz CT molecular complexity index is 322. The van der Waals surface area contributed by atoms with Crippen LogP contribution in [0, 0.1) is 11.3 Å². The van der Waals surface area contributed by atoms with Crippen molar-refractivity contribution in [2.24, 2.45) is 11.3 Å². The van der Waals surface area contributed by atoms with Gasteiger partial charge in [-0.25, -0.2) is 0 Å². The van der Waals surface area contributed by atoms with E-state index in [9.17, 15) is 9.90 Å². The van der Waals surface area contributed by atoms with Crippen molar-refractivity contribution in [3.8, 4) is 0 Å². The van der Waals surface area contributed by atoms with Gasteiger partial charge >= 0.3 is 5.97 Å². The van der Waals surface area contributed by atoms with E-state index in [1.54, 1.807) is 0 Å². The van der Waals surface area contributed by atoms with Crippen molar-refractivity contribution < 1.29 is 15.0 Å². The van der Waals surface area contributed by atoms with Crippen LogP contribution in [0.2, 0.25) is 0 Å². The Labute approximate surface area is 115 Å². The van der Waals surface area contributed by atoms with Gasteiger partial charge in [-0.15, -0.1) is 0 Å². The first-order chi connectivity index (χ1) is 8.80. The van der Waals surface area contributed by atoms with Gasteiger partial charge in [-0.2, -0.15) is 0 Å². The van der Waals surface area contributed by atoms with Gasteiger partial charge in [0.15, 0.2) is 0 Å². The number of β-amino-alcohol motifs (C(OH)–C–C–N with tert-alkyl or cyclic N) is 1. The summed E-state index contributed by atoms with van der Waals surface area (Å²) >= 11 is 0. The van der Waals surface area contributed by atoms with E-state index < -0.39 is 11.6 Å². The topological polar surface area (TPSA) is 60.8 Å². The molecule has 4 nitrogen and oxygen atoms in total. The largest absolute Gasteiger partial charge is 0.481 e. The van der Waals surface area contributed by atoms with Crippen LogP contribution >= 0.6 is 0 Å². The number of rotatable bonds is 3. The zero-order valence-corrected chi connectivity index (χ0v) is 12.2. The summed E-state index contributed by atoms with van der Waals surface area (Å²) in [5.41, 5.74) is -0.229. The maximum atomic E-state index is 10.9. The van der Waals surface area contributed by atoms with Gasteiger partial charge in [-0.1, -0.05) is 13.8 Å². The number of carboxylic acids is 1. The van der Waals surface area contributed by atoms with Gasteiger partial charge < -0.3 is 15.1 Å². The Balaban J connectivity index is 1.81. The molecule has 1 saturated heterocycles. The molecule has 0 unspecified atom stereocenters. The molecule has 2 rings (SSSR count). The highest BCUT2D eigenvalue weighted by Crippen LogP contribution is 2.35. The summed E-state index contributed by atoms with van der Waals surface area (Å²) in [6.07, 6.45) is 4.85. The van der Waals surface area contributed by atoms with E-state index in [0.29, 0.717) is 31.1 Å². The lowest BCUT2D eigenvalue weighted by Gasteiger charge is -2.43. The van der Waals surface area contributed by atoms with Crippen molar-refractivity contribution in [1.82, 2.24) is 4.90 Å². The van der Waals surface area contributed by atoms with E-state index in [1.165, 1.54) is 12.8 Å². The predicted octanol–water partition coefficient (Wildman–Crippen LogP) is 2.11. The third kappa shape index (κ3) is 3.93. The zero-order valence-electron chi connectivity index (χ0n) is 12.2. The van der Waals surface area contributed by atoms with Crippen molar-refractivity contribution in [3.63, 3.8) is 0 Å². The van der Waals surface area contributed by atoms with Crippen molar-refractivity contribution in [3.05, 3.63) is 0 Å². The fourth-order valence-corrected chi connectivity index (χ4v) is 3.29. The average Bonchev–Trinajstić information content (AvgIpc) is 2.32. The highest BCUT2D eigenvalue weighted by Gasteiger charge is 2.38. The molecule has 0 aromatic rings. The highest BCUT2D eigenvalue weighted by molar-refractivity contribution is 5.70. The number of aliphatic carboxylic acids is 1. The molecule has 2 N–H and O–H groups in total. The highest BCUT2D eigenvalue weighted by atomic mass is 16.4. The predicted molar refractivity (Wildman–Crippen MR) is 74.0 cm³/mol. The maximum Gasteiger partial charge on any atom is 0.306 e. The van der Waals surface area contributed by atoms with Crippen LogP contribution in [0.25, 0.3) is 0 Å². The quantitative estimate of drug-likeness (QED) is 0.824. The number of aliphatic hydroxyl groups is 1. The minimum Gasteiger partial charge on any atom is -0.481 e. The van der Waals surface area contributed by atoms with Crippen LogP contribution in [0.5, 0.6) is 0 Å². The number of carbonyl (C=O) groups is 1. The minimum absolute atomic E-state index is 0.249. The van der Waals surface area contributed by atoms with E-state index in [1.807, 2.05) is 0 Å². The monoisotopic (exact) mass is 269 g/mol. The summed E-state index contributed by atoms with van der Waals surface area (Å²) < 4.78 is 0. The first-order valence-electron chi connectivity index (χ1n) is 7.47. The fourth-order valence-electron chi connectivity index (χ4n) is 3.29. The molecule has 0 spiro atoms. The molecule has 0 atom stereocenters. The first kappa shape index (κ1) is 14.8. The Morgan fingerprint density at radius 2 is 1.68 bits per heavy atom. The molecular weight excluding hydrogens is 242 g/mol. The Morgan fingerprint density at radius 3 is 2.16 bits per heavy atom. The number of hydrogen-bond donors (Lipinski definition) is 2.